The van der Waals surface area contributed by atoms with Crippen molar-refractivity contribution >= 4 is 40.5 Å². The van der Waals surface area contributed by atoms with Crippen LogP contribution in [0.2, 0.25) is 5.02 Å². The summed E-state index contributed by atoms with van der Waals surface area (Å²) in [5, 5.41) is 2.87. The van der Waals surface area contributed by atoms with Crippen LogP contribution < -0.4 is 20.9 Å². The first-order valence-electron chi connectivity index (χ1n) is 8.19. The highest BCUT2D eigenvalue weighted by Crippen LogP contribution is 2.24. The minimum absolute atomic E-state index is 0.0299. The van der Waals surface area contributed by atoms with Crippen LogP contribution in [0.5, 0.6) is 5.75 Å². The van der Waals surface area contributed by atoms with Crippen molar-refractivity contribution in [1.82, 2.24) is 10.9 Å². The number of carbonyl (C=O) groups excluding carboxylic acids is 1. The summed E-state index contributed by atoms with van der Waals surface area (Å²) in [4.78, 5) is 11.8. The minimum atomic E-state index is -0.526. The topological polar surface area (TPSA) is 62.4 Å². The number of hydrogen-bond donors (Lipinski definition) is 3. The number of hydrazine groups is 1. The van der Waals surface area contributed by atoms with Crippen molar-refractivity contribution in [2.45, 2.75) is 26.2 Å². The molecule has 144 valence electrons. The Balaban J connectivity index is 1.75. The summed E-state index contributed by atoms with van der Waals surface area (Å²) in [7, 11) is 0. The molecule has 5 nitrogen and oxygen atoms in total. The standard InChI is InChI=1S/C19H21ClFN3O2S/c1-19(2,3)12-4-7-14(8-5-12)26-11-17(25)23-24-18(27)22-13-6-9-16(21)15(20)10-13/h4-10H,11H2,1-3H3,(H,23,25)(H2,22,24,27). The Morgan fingerprint density at radius 1 is 1.15 bits per heavy atom. The number of nitrogens with one attached hydrogen (secondary N) is 3. The zero-order valence-electron chi connectivity index (χ0n) is 15.2. The Hall–Kier alpha value is -2.38. The molecule has 0 unspecified atom stereocenters. The Bertz CT molecular complexity index is 823. The number of ether oxygens (including phenoxy) is 1. The number of hydrogen-bond acceptors (Lipinski definition) is 3. The highest BCUT2D eigenvalue weighted by molar-refractivity contribution is 7.80. The number of thiocarbonyl (C=S) groups is 1. The Kier molecular flexibility index (Phi) is 6.98. The molecule has 3 N–H and O–H groups in total. The third kappa shape index (κ3) is 6.69. The van der Waals surface area contributed by atoms with E-state index >= 15 is 0 Å². The zero-order valence-corrected chi connectivity index (χ0v) is 16.8. The molecule has 0 saturated heterocycles. The van der Waals surface area contributed by atoms with Crippen LogP contribution in [0, 0.1) is 5.82 Å². The van der Waals surface area contributed by atoms with E-state index in [4.69, 9.17) is 28.6 Å². The van der Waals surface area contributed by atoms with Gasteiger partial charge in [-0.1, -0.05) is 44.5 Å². The van der Waals surface area contributed by atoms with Gasteiger partial charge in [-0.15, -0.1) is 0 Å². The monoisotopic (exact) mass is 409 g/mol. The molecule has 0 aliphatic heterocycles. The first kappa shape index (κ1) is 20.9. The molecule has 0 saturated carbocycles. The lowest BCUT2D eigenvalue weighted by Gasteiger charge is -2.19. The molecule has 0 bridgehead atoms. The van der Waals surface area contributed by atoms with Gasteiger partial charge in [0.15, 0.2) is 11.7 Å². The fourth-order valence-electron chi connectivity index (χ4n) is 2.10. The fraction of sp³-hybridized carbons (Fsp3) is 0.263. The van der Waals surface area contributed by atoms with Gasteiger partial charge < -0.3 is 10.1 Å². The molecule has 0 aliphatic carbocycles. The average molecular weight is 410 g/mol. The Morgan fingerprint density at radius 3 is 2.41 bits per heavy atom. The summed E-state index contributed by atoms with van der Waals surface area (Å²) in [5.41, 5.74) is 6.67. The van der Waals surface area contributed by atoms with Crippen LogP contribution in [0.1, 0.15) is 26.3 Å². The van der Waals surface area contributed by atoms with Gasteiger partial charge >= 0.3 is 0 Å². The molecule has 1 amide bonds. The van der Waals surface area contributed by atoms with Crippen LogP contribution >= 0.6 is 23.8 Å². The molecule has 0 fully saturated rings. The summed E-state index contributed by atoms with van der Waals surface area (Å²) in [6.07, 6.45) is 0. The first-order valence-corrected chi connectivity index (χ1v) is 8.98. The molecule has 2 rings (SSSR count). The molecule has 0 heterocycles. The van der Waals surface area contributed by atoms with Crippen molar-refractivity contribution in [1.29, 1.82) is 0 Å². The van der Waals surface area contributed by atoms with Crippen molar-refractivity contribution in [2.75, 3.05) is 11.9 Å². The predicted octanol–water partition coefficient (Wildman–Crippen LogP) is 4.17. The van der Waals surface area contributed by atoms with E-state index in [9.17, 15) is 9.18 Å². The van der Waals surface area contributed by atoms with E-state index in [1.165, 1.54) is 23.8 Å². The fourth-order valence-corrected chi connectivity index (χ4v) is 2.45. The van der Waals surface area contributed by atoms with Gasteiger partial charge in [0.1, 0.15) is 11.6 Å². The summed E-state index contributed by atoms with van der Waals surface area (Å²) in [5.74, 6) is -0.335. The lowest BCUT2D eigenvalue weighted by atomic mass is 9.87. The van der Waals surface area contributed by atoms with E-state index in [0.717, 1.165) is 0 Å². The van der Waals surface area contributed by atoms with Crippen molar-refractivity contribution in [2.24, 2.45) is 0 Å². The van der Waals surface area contributed by atoms with Crippen molar-refractivity contribution in [3.63, 3.8) is 0 Å². The molecule has 0 aliphatic rings. The molecule has 8 heteroatoms. The van der Waals surface area contributed by atoms with E-state index in [-0.39, 0.29) is 22.2 Å². The normalized spacial score (nSPS) is 10.9. The van der Waals surface area contributed by atoms with Crippen molar-refractivity contribution in [3.05, 3.63) is 58.9 Å². The second-order valence-electron chi connectivity index (χ2n) is 6.82. The van der Waals surface area contributed by atoms with E-state index in [0.29, 0.717) is 11.4 Å². The van der Waals surface area contributed by atoms with Gasteiger partial charge in [-0.2, -0.15) is 0 Å². The number of benzene rings is 2. The van der Waals surface area contributed by atoms with E-state index in [2.05, 4.69) is 36.9 Å². The van der Waals surface area contributed by atoms with E-state index < -0.39 is 11.7 Å². The molecular weight excluding hydrogens is 389 g/mol. The number of halogens is 2. The van der Waals surface area contributed by atoms with E-state index in [1.54, 1.807) is 0 Å². The number of rotatable bonds is 4. The molecule has 0 atom stereocenters. The molecule has 27 heavy (non-hydrogen) atoms. The average Bonchev–Trinajstić information content (AvgIpc) is 2.61. The highest BCUT2D eigenvalue weighted by atomic mass is 35.5. The third-order valence-corrected chi connectivity index (χ3v) is 4.08. The lowest BCUT2D eigenvalue weighted by Crippen LogP contribution is -2.45. The SMILES string of the molecule is CC(C)(C)c1ccc(OCC(=O)NNC(=S)Nc2ccc(F)c(Cl)c2)cc1. The molecule has 0 aromatic heterocycles. The smallest absolute Gasteiger partial charge is 0.276 e. The molecule has 0 spiro atoms. The van der Waals surface area contributed by atoms with Crippen LogP contribution in [-0.4, -0.2) is 17.6 Å². The van der Waals surface area contributed by atoms with Crippen LogP contribution in [-0.2, 0) is 10.2 Å². The second-order valence-corrected chi connectivity index (χ2v) is 7.63. The number of anilines is 1. The first-order chi connectivity index (χ1) is 12.6. The van der Waals surface area contributed by atoms with Gasteiger partial charge in [0, 0.05) is 5.69 Å². The van der Waals surface area contributed by atoms with Crippen LogP contribution in [0.15, 0.2) is 42.5 Å². The lowest BCUT2D eigenvalue weighted by molar-refractivity contribution is -0.123. The molecule has 0 radical (unpaired) electrons. The minimum Gasteiger partial charge on any atom is -0.484 e. The van der Waals surface area contributed by atoms with Crippen LogP contribution in [0.3, 0.4) is 0 Å². The number of amides is 1. The molecule has 2 aromatic carbocycles. The van der Waals surface area contributed by atoms with Crippen LogP contribution in [0.25, 0.3) is 0 Å². The third-order valence-electron chi connectivity index (χ3n) is 3.58. The largest absolute Gasteiger partial charge is 0.484 e. The van der Waals surface area contributed by atoms with Crippen molar-refractivity contribution < 1.29 is 13.9 Å². The zero-order chi connectivity index (χ0) is 20.0. The van der Waals surface area contributed by atoms with Gasteiger partial charge in [-0.3, -0.25) is 15.6 Å². The van der Waals surface area contributed by atoms with Gasteiger partial charge in [0.05, 0.1) is 5.02 Å². The second kappa shape index (κ2) is 9.01. The van der Waals surface area contributed by atoms with Gasteiger partial charge in [0.25, 0.3) is 5.91 Å². The van der Waals surface area contributed by atoms with Gasteiger partial charge in [-0.05, 0) is 53.5 Å². The Morgan fingerprint density at radius 2 is 1.81 bits per heavy atom. The summed E-state index contributed by atoms with van der Waals surface area (Å²) < 4.78 is 18.6. The summed E-state index contributed by atoms with van der Waals surface area (Å²) >= 11 is 10.7. The summed E-state index contributed by atoms with van der Waals surface area (Å²) in [6.45, 7) is 6.20. The molecule has 2 aromatic rings. The maximum absolute atomic E-state index is 13.1. The van der Waals surface area contributed by atoms with E-state index in [1.807, 2.05) is 24.3 Å². The van der Waals surface area contributed by atoms with Crippen molar-refractivity contribution in [3.8, 4) is 5.75 Å². The highest BCUT2D eigenvalue weighted by Gasteiger charge is 2.13. The Labute approximate surface area is 168 Å². The predicted molar refractivity (Wildman–Crippen MR) is 110 cm³/mol. The maximum atomic E-state index is 13.1. The maximum Gasteiger partial charge on any atom is 0.276 e. The van der Waals surface area contributed by atoms with Gasteiger partial charge in [0.2, 0.25) is 0 Å². The van der Waals surface area contributed by atoms with Gasteiger partial charge in [-0.25, -0.2) is 4.39 Å². The van der Waals surface area contributed by atoms with Crippen LogP contribution in [0.4, 0.5) is 10.1 Å². The number of carbonyl (C=O) groups is 1. The summed E-state index contributed by atoms with van der Waals surface area (Å²) in [6, 6.07) is 11.7. The molecular formula is C19H21ClFN3O2S. The quantitative estimate of drug-likeness (QED) is 0.522.